The van der Waals surface area contributed by atoms with E-state index in [4.69, 9.17) is 4.74 Å². The Morgan fingerprint density at radius 2 is 2.22 bits per heavy atom. The summed E-state index contributed by atoms with van der Waals surface area (Å²) >= 11 is 4.95. The molecule has 2 aromatic rings. The highest BCUT2D eigenvalue weighted by Gasteiger charge is 2.08. The van der Waals surface area contributed by atoms with Crippen LogP contribution >= 0.6 is 27.3 Å². The number of aromatic nitrogens is 1. The molecule has 2 rings (SSSR count). The van der Waals surface area contributed by atoms with E-state index >= 15 is 0 Å². The van der Waals surface area contributed by atoms with Crippen molar-refractivity contribution >= 4 is 33.2 Å². The molecule has 3 nitrogen and oxygen atoms in total. The number of esters is 1. The number of ether oxygens (including phenoxy) is 1. The lowest BCUT2D eigenvalue weighted by atomic mass is 10.2. The Balaban J connectivity index is 1.87. The minimum atomic E-state index is -0.254. The van der Waals surface area contributed by atoms with Gasteiger partial charge in [0.1, 0.15) is 6.61 Å². The predicted molar refractivity (Wildman–Crippen MR) is 74.5 cm³/mol. The molecule has 0 amide bonds. The monoisotopic (exact) mass is 325 g/mol. The van der Waals surface area contributed by atoms with Gasteiger partial charge in [-0.05, 0) is 13.0 Å². The van der Waals surface area contributed by atoms with Crippen LogP contribution in [0.15, 0.2) is 34.1 Å². The Hall–Kier alpha value is -1.20. The number of carbonyl (C=O) groups is 1. The molecule has 0 saturated carbocycles. The van der Waals surface area contributed by atoms with Gasteiger partial charge in [0.25, 0.3) is 0 Å². The lowest BCUT2D eigenvalue weighted by molar-refractivity contribution is -0.144. The minimum absolute atomic E-state index is 0.231. The van der Waals surface area contributed by atoms with E-state index in [-0.39, 0.29) is 19.0 Å². The van der Waals surface area contributed by atoms with E-state index in [1.54, 1.807) is 0 Å². The van der Waals surface area contributed by atoms with E-state index in [0.29, 0.717) is 0 Å². The van der Waals surface area contributed by atoms with Crippen LogP contribution in [-0.2, 0) is 22.6 Å². The summed E-state index contributed by atoms with van der Waals surface area (Å²) in [5.41, 5.74) is 1.73. The SMILES string of the molecule is Cc1nc(CC(=O)OCc2ccccc2Br)cs1. The molecule has 0 saturated heterocycles. The normalized spacial score (nSPS) is 10.3. The average molecular weight is 326 g/mol. The van der Waals surface area contributed by atoms with Gasteiger partial charge in [0.05, 0.1) is 17.1 Å². The molecule has 1 aromatic heterocycles. The van der Waals surface area contributed by atoms with Crippen molar-refractivity contribution in [1.82, 2.24) is 4.98 Å². The number of hydrogen-bond acceptors (Lipinski definition) is 4. The number of rotatable bonds is 4. The van der Waals surface area contributed by atoms with Gasteiger partial charge in [-0.15, -0.1) is 11.3 Å². The molecule has 94 valence electrons. The number of benzene rings is 1. The lowest BCUT2D eigenvalue weighted by Gasteiger charge is -2.05. The summed E-state index contributed by atoms with van der Waals surface area (Å²) in [7, 11) is 0. The molecular weight excluding hydrogens is 314 g/mol. The highest BCUT2D eigenvalue weighted by atomic mass is 79.9. The first-order chi connectivity index (χ1) is 8.65. The predicted octanol–water partition coefficient (Wildman–Crippen LogP) is 3.50. The Morgan fingerprint density at radius 1 is 1.44 bits per heavy atom. The second-order valence-electron chi connectivity index (χ2n) is 3.79. The van der Waals surface area contributed by atoms with Crippen molar-refractivity contribution < 1.29 is 9.53 Å². The summed E-state index contributed by atoms with van der Waals surface area (Å²) in [6.45, 7) is 2.20. The fraction of sp³-hybridized carbons (Fsp3) is 0.231. The van der Waals surface area contributed by atoms with Crippen molar-refractivity contribution in [3.63, 3.8) is 0 Å². The highest BCUT2D eigenvalue weighted by molar-refractivity contribution is 9.10. The maximum Gasteiger partial charge on any atom is 0.312 e. The molecular formula is C13H12BrNO2S. The second kappa shape index (κ2) is 6.11. The molecule has 0 radical (unpaired) electrons. The van der Waals surface area contributed by atoms with Crippen LogP contribution in [0.2, 0.25) is 0 Å². The quantitative estimate of drug-likeness (QED) is 0.807. The molecule has 1 aromatic carbocycles. The van der Waals surface area contributed by atoms with Crippen LogP contribution in [0.4, 0.5) is 0 Å². The van der Waals surface area contributed by atoms with Crippen molar-refractivity contribution in [2.75, 3.05) is 0 Å². The molecule has 1 heterocycles. The van der Waals surface area contributed by atoms with Crippen LogP contribution < -0.4 is 0 Å². The van der Waals surface area contributed by atoms with Gasteiger partial charge in [0.2, 0.25) is 0 Å². The summed E-state index contributed by atoms with van der Waals surface area (Å²) in [6, 6.07) is 7.68. The molecule has 18 heavy (non-hydrogen) atoms. The minimum Gasteiger partial charge on any atom is -0.460 e. The zero-order valence-electron chi connectivity index (χ0n) is 9.85. The summed E-state index contributed by atoms with van der Waals surface area (Å²) < 4.78 is 6.16. The summed E-state index contributed by atoms with van der Waals surface area (Å²) in [4.78, 5) is 15.9. The molecule has 0 N–H and O–H groups in total. The standard InChI is InChI=1S/C13H12BrNO2S/c1-9-15-11(8-18-9)6-13(16)17-7-10-4-2-3-5-12(10)14/h2-5,8H,6-7H2,1H3. The Kier molecular flexibility index (Phi) is 4.49. The van der Waals surface area contributed by atoms with Crippen molar-refractivity contribution in [1.29, 1.82) is 0 Å². The first kappa shape index (κ1) is 13.2. The second-order valence-corrected chi connectivity index (χ2v) is 5.70. The maximum absolute atomic E-state index is 11.6. The molecule has 5 heteroatoms. The van der Waals surface area contributed by atoms with E-state index in [2.05, 4.69) is 20.9 Å². The van der Waals surface area contributed by atoms with Crippen LogP contribution in [0.25, 0.3) is 0 Å². The molecule has 0 atom stereocenters. The third kappa shape index (κ3) is 3.65. The van der Waals surface area contributed by atoms with E-state index in [1.165, 1.54) is 11.3 Å². The zero-order valence-corrected chi connectivity index (χ0v) is 12.3. The van der Waals surface area contributed by atoms with E-state index < -0.39 is 0 Å². The topological polar surface area (TPSA) is 39.2 Å². The Morgan fingerprint density at radius 3 is 2.89 bits per heavy atom. The number of hydrogen-bond donors (Lipinski definition) is 0. The first-order valence-electron chi connectivity index (χ1n) is 5.45. The number of nitrogens with zero attached hydrogens (tertiary/aromatic N) is 1. The van der Waals surface area contributed by atoms with E-state index in [9.17, 15) is 4.79 Å². The van der Waals surface area contributed by atoms with Crippen LogP contribution in [0.5, 0.6) is 0 Å². The Labute approximate surface area is 118 Å². The fourth-order valence-electron chi connectivity index (χ4n) is 1.46. The van der Waals surface area contributed by atoms with E-state index in [1.807, 2.05) is 36.6 Å². The van der Waals surface area contributed by atoms with Crippen LogP contribution in [0.1, 0.15) is 16.3 Å². The zero-order chi connectivity index (χ0) is 13.0. The van der Waals surface area contributed by atoms with Gasteiger partial charge in [-0.1, -0.05) is 34.1 Å². The van der Waals surface area contributed by atoms with Gasteiger partial charge in [0, 0.05) is 15.4 Å². The molecule has 0 fully saturated rings. The average Bonchev–Trinajstić information content (AvgIpc) is 2.74. The molecule has 0 unspecified atom stereocenters. The van der Waals surface area contributed by atoms with Crippen molar-refractivity contribution in [2.24, 2.45) is 0 Å². The molecule has 0 spiro atoms. The molecule has 0 aliphatic heterocycles. The molecule has 0 aliphatic carbocycles. The Bertz CT molecular complexity index is 553. The first-order valence-corrected chi connectivity index (χ1v) is 7.12. The maximum atomic E-state index is 11.6. The third-order valence-electron chi connectivity index (χ3n) is 2.34. The van der Waals surface area contributed by atoms with Gasteiger partial charge in [-0.2, -0.15) is 0 Å². The van der Waals surface area contributed by atoms with Gasteiger partial charge in [-0.3, -0.25) is 4.79 Å². The number of carbonyl (C=O) groups excluding carboxylic acids is 1. The number of halogens is 1. The smallest absolute Gasteiger partial charge is 0.312 e. The van der Waals surface area contributed by atoms with Crippen LogP contribution in [0, 0.1) is 6.92 Å². The number of aryl methyl sites for hydroxylation is 1. The molecule has 0 aliphatic rings. The van der Waals surface area contributed by atoms with Crippen molar-refractivity contribution in [2.45, 2.75) is 20.0 Å². The molecule has 0 bridgehead atoms. The van der Waals surface area contributed by atoms with E-state index in [0.717, 1.165) is 20.7 Å². The van der Waals surface area contributed by atoms with Crippen LogP contribution in [-0.4, -0.2) is 11.0 Å². The van der Waals surface area contributed by atoms with Gasteiger partial charge in [-0.25, -0.2) is 4.98 Å². The third-order valence-corrected chi connectivity index (χ3v) is 3.93. The highest BCUT2D eigenvalue weighted by Crippen LogP contribution is 2.17. The summed E-state index contributed by atoms with van der Waals surface area (Å²) in [5.74, 6) is -0.254. The largest absolute Gasteiger partial charge is 0.460 e. The van der Waals surface area contributed by atoms with Crippen molar-refractivity contribution in [3.05, 3.63) is 50.4 Å². The number of thiazole rings is 1. The summed E-state index contributed by atoms with van der Waals surface area (Å²) in [6.07, 6.45) is 0.231. The van der Waals surface area contributed by atoms with Crippen molar-refractivity contribution in [3.8, 4) is 0 Å². The fourth-order valence-corrected chi connectivity index (χ4v) is 2.47. The summed E-state index contributed by atoms with van der Waals surface area (Å²) in [5, 5.41) is 2.85. The van der Waals surface area contributed by atoms with Gasteiger partial charge >= 0.3 is 5.97 Å². The van der Waals surface area contributed by atoms with Gasteiger partial charge < -0.3 is 4.74 Å². The lowest BCUT2D eigenvalue weighted by Crippen LogP contribution is -2.08. The van der Waals surface area contributed by atoms with Gasteiger partial charge in [0.15, 0.2) is 0 Å². The van der Waals surface area contributed by atoms with Crippen LogP contribution in [0.3, 0.4) is 0 Å².